The van der Waals surface area contributed by atoms with E-state index in [4.69, 9.17) is 14.5 Å². The number of aryl methyl sites for hydroxylation is 1. The Morgan fingerprint density at radius 2 is 1.88 bits per heavy atom. The number of rotatable bonds is 8. The summed E-state index contributed by atoms with van der Waals surface area (Å²) in [6, 6.07) is 11.3. The zero-order chi connectivity index (χ0) is 29.3. The Hall–Kier alpha value is -5.26. The summed E-state index contributed by atoms with van der Waals surface area (Å²) in [5.74, 6) is 2.74. The van der Waals surface area contributed by atoms with Crippen LogP contribution in [0.4, 0.5) is 17.5 Å². The fourth-order valence-corrected chi connectivity index (χ4v) is 5.04. The molecule has 1 amide bonds. The number of aromatic nitrogens is 6. The predicted molar refractivity (Wildman–Crippen MR) is 160 cm³/mol. The van der Waals surface area contributed by atoms with Gasteiger partial charge in [0.05, 0.1) is 30.7 Å². The van der Waals surface area contributed by atoms with Gasteiger partial charge >= 0.3 is 0 Å². The van der Waals surface area contributed by atoms with E-state index in [9.17, 15) is 4.79 Å². The lowest BCUT2D eigenvalue weighted by Crippen LogP contribution is -2.53. The maximum atomic E-state index is 11.8. The summed E-state index contributed by atoms with van der Waals surface area (Å²) in [6.45, 7) is 6.99. The van der Waals surface area contributed by atoms with Crippen molar-refractivity contribution in [3.8, 4) is 17.2 Å². The van der Waals surface area contributed by atoms with E-state index in [2.05, 4.69) is 42.0 Å². The van der Waals surface area contributed by atoms with E-state index in [1.807, 2.05) is 54.9 Å². The van der Waals surface area contributed by atoms with Gasteiger partial charge in [-0.25, -0.2) is 24.9 Å². The third-order valence-corrected chi connectivity index (χ3v) is 7.48. The number of amides is 1. The lowest BCUT2D eigenvalue weighted by atomic mass is 9.89. The Bertz CT molecular complexity index is 1790. The van der Waals surface area contributed by atoms with E-state index in [1.165, 1.54) is 12.4 Å². The average Bonchev–Trinajstić information content (AvgIpc) is 3.37. The number of imidazole rings is 1. The minimum atomic E-state index is -0.297. The molecule has 4 heterocycles. The second kappa shape index (κ2) is 11.0. The van der Waals surface area contributed by atoms with Gasteiger partial charge in [0, 0.05) is 43.5 Å². The molecule has 0 spiro atoms. The molecule has 1 saturated heterocycles. The lowest BCUT2D eigenvalue weighted by molar-refractivity contribution is -0.118. The second-order valence-electron chi connectivity index (χ2n) is 10.5. The molecular weight excluding hydrogens is 534 g/mol. The number of anilines is 3. The largest absolute Gasteiger partial charge is 0.493 e. The van der Waals surface area contributed by atoms with Crippen molar-refractivity contribution in [2.45, 2.75) is 25.3 Å². The molecule has 0 saturated carbocycles. The fourth-order valence-electron chi connectivity index (χ4n) is 5.04. The summed E-state index contributed by atoms with van der Waals surface area (Å²) < 4.78 is 13.7. The Balaban J connectivity index is 1.21. The molecule has 42 heavy (non-hydrogen) atoms. The normalized spacial score (nSPS) is 14.5. The maximum absolute atomic E-state index is 11.8. The molecule has 1 fully saturated rings. The molecule has 12 heteroatoms. The van der Waals surface area contributed by atoms with E-state index in [0.29, 0.717) is 53.1 Å². The van der Waals surface area contributed by atoms with Crippen molar-refractivity contribution in [1.29, 1.82) is 0 Å². The van der Waals surface area contributed by atoms with Crippen LogP contribution in [0.3, 0.4) is 0 Å². The van der Waals surface area contributed by atoms with Gasteiger partial charge in [-0.1, -0.05) is 6.58 Å². The number of nitrogens with zero attached hydrogens (tertiary/aromatic N) is 7. The molecule has 0 unspecified atom stereocenters. The average molecular weight is 566 g/mol. The van der Waals surface area contributed by atoms with Gasteiger partial charge in [-0.2, -0.15) is 0 Å². The minimum absolute atomic E-state index is 0.164. The molecule has 12 nitrogen and oxygen atoms in total. The van der Waals surface area contributed by atoms with Crippen LogP contribution in [0.15, 0.2) is 67.9 Å². The van der Waals surface area contributed by atoms with Crippen LogP contribution in [0.1, 0.15) is 19.8 Å². The van der Waals surface area contributed by atoms with Gasteiger partial charge in [-0.3, -0.25) is 4.79 Å². The van der Waals surface area contributed by atoms with Crippen LogP contribution in [-0.2, 0) is 11.8 Å². The Kier molecular flexibility index (Phi) is 7.03. The van der Waals surface area contributed by atoms with Crippen LogP contribution in [0.5, 0.6) is 17.2 Å². The van der Waals surface area contributed by atoms with E-state index < -0.39 is 0 Å². The van der Waals surface area contributed by atoms with Gasteiger partial charge in [0.2, 0.25) is 11.9 Å². The smallest absolute Gasteiger partial charge is 0.243 e. The molecule has 0 atom stereocenters. The van der Waals surface area contributed by atoms with Crippen molar-refractivity contribution in [2.24, 2.45) is 7.05 Å². The van der Waals surface area contributed by atoms with Gasteiger partial charge in [0.1, 0.15) is 23.1 Å². The third kappa shape index (κ3) is 5.38. The highest BCUT2D eigenvalue weighted by Crippen LogP contribution is 2.36. The topological polar surface area (TPSA) is 132 Å². The highest BCUT2D eigenvalue weighted by Gasteiger charge is 2.32. The molecule has 0 bridgehead atoms. The molecule has 0 aliphatic carbocycles. The number of piperidine rings is 1. The van der Waals surface area contributed by atoms with Crippen molar-refractivity contribution < 1.29 is 14.3 Å². The summed E-state index contributed by atoms with van der Waals surface area (Å²) in [5.41, 5.74) is 3.53. The van der Waals surface area contributed by atoms with Gasteiger partial charge in [-0.15, -0.1) is 0 Å². The number of fused-ring (bicyclic) bond motifs is 2. The number of carbonyl (C=O) groups is 1. The predicted octanol–water partition coefficient (Wildman–Crippen LogP) is 4.51. The van der Waals surface area contributed by atoms with Crippen LogP contribution in [0.2, 0.25) is 0 Å². The van der Waals surface area contributed by atoms with E-state index in [0.717, 1.165) is 29.6 Å². The molecular formula is C30H31N9O3. The van der Waals surface area contributed by atoms with Gasteiger partial charge in [0.15, 0.2) is 17.3 Å². The Morgan fingerprint density at radius 1 is 1.05 bits per heavy atom. The van der Waals surface area contributed by atoms with E-state index >= 15 is 0 Å². The zero-order valence-corrected chi connectivity index (χ0v) is 23.7. The Labute approximate surface area is 242 Å². The molecule has 2 aromatic carbocycles. The van der Waals surface area contributed by atoms with Crippen LogP contribution in [0.25, 0.3) is 22.1 Å². The first-order valence-corrected chi connectivity index (χ1v) is 13.6. The lowest BCUT2D eigenvalue weighted by Gasteiger charge is -2.39. The molecule has 214 valence electrons. The van der Waals surface area contributed by atoms with E-state index in [1.54, 1.807) is 19.6 Å². The van der Waals surface area contributed by atoms with Gasteiger partial charge in [-0.05, 0) is 50.1 Å². The quantitative estimate of drug-likeness (QED) is 0.259. The first-order valence-electron chi connectivity index (χ1n) is 13.6. The minimum Gasteiger partial charge on any atom is -0.493 e. The highest BCUT2D eigenvalue weighted by atomic mass is 16.5. The molecule has 0 radical (unpaired) electrons. The van der Waals surface area contributed by atoms with Crippen LogP contribution < -0.4 is 25.0 Å². The van der Waals surface area contributed by atoms with Crippen molar-refractivity contribution in [1.82, 2.24) is 34.8 Å². The van der Waals surface area contributed by atoms with Crippen molar-refractivity contribution in [3.05, 3.63) is 67.9 Å². The van der Waals surface area contributed by atoms with Crippen molar-refractivity contribution >= 4 is 45.4 Å². The van der Waals surface area contributed by atoms with E-state index in [-0.39, 0.29) is 11.4 Å². The third-order valence-electron chi connectivity index (χ3n) is 7.48. The number of ether oxygens (including phenoxy) is 2. The van der Waals surface area contributed by atoms with Crippen molar-refractivity contribution in [3.63, 3.8) is 0 Å². The van der Waals surface area contributed by atoms with Gasteiger partial charge < -0.3 is 29.6 Å². The maximum Gasteiger partial charge on any atom is 0.243 e. The van der Waals surface area contributed by atoms with Crippen molar-refractivity contribution in [2.75, 3.05) is 30.4 Å². The summed E-state index contributed by atoms with van der Waals surface area (Å²) in [5, 5.41) is 6.39. The summed E-state index contributed by atoms with van der Waals surface area (Å²) >= 11 is 0. The monoisotopic (exact) mass is 565 g/mol. The fraction of sp³-hybridized carbons (Fsp3) is 0.267. The number of nitrogens with one attached hydrogen (secondary N) is 2. The SMILES string of the molecule is C=CC(=O)NC1(C)CCN(c2ncc3ncnc(Nc4ccc(Oc5ccc6c(c5)ncn6C)c(OC)c4)c3n2)CC1. The molecule has 1 aliphatic rings. The number of hydrogen-bond donors (Lipinski definition) is 2. The number of hydrogen-bond acceptors (Lipinski definition) is 10. The molecule has 1 aliphatic heterocycles. The first kappa shape index (κ1) is 26.9. The van der Waals surface area contributed by atoms with Crippen LogP contribution in [-0.4, -0.2) is 61.1 Å². The standard InChI is InChI=1S/C30H31N9O3/c1-5-26(40)37-30(2)10-12-39(13-11-30)29-31-16-22-27(36-29)28(33-17-32-22)35-19-6-9-24(25(14-19)41-4)42-20-7-8-23-21(15-20)34-18-38(23)3/h5-9,14-18H,1,10-13H2,2-4H3,(H,37,40)(H,32,33,35). The van der Waals surface area contributed by atoms with Crippen LogP contribution in [0, 0.1) is 0 Å². The second-order valence-corrected chi connectivity index (χ2v) is 10.5. The molecule has 5 aromatic rings. The number of methoxy groups -OCH3 is 1. The van der Waals surface area contributed by atoms with Crippen LogP contribution >= 0.6 is 0 Å². The van der Waals surface area contributed by atoms with Gasteiger partial charge in [0.25, 0.3) is 0 Å². The molecule has 6 rings (SSSR count). The summed E-state index contributed by atoms with van der Waals surface area (Å²) in [7, 11) is 3.55. The number of carbonyl (C=O) groups excluding carboxylic acids is 1. The molecule has 3 aromatic heterocycles. The number of benzene rings is 2. The zero-order valence-electron chi connectivity index (χ0n) is 23.7. The highest BCUT2D eigenvalue weighted by molar-refractivity contribution is 5.88. The Morgan fingerprint density at radius 3 is 2.67 bits per heavy atom. The first-order chi connectivity index (χ1) is 20.3. The summed E-state index contributed by atoms with van der Waals surface area (Å²) in [4.78, 5) is 36.5. The summed E-state index contributed by atoms with van der Waals surface area (Å²) in [6.07, 6.45) is 7.77. The molecule has 2 N–H and O–H groups in total.